The van der Waals surface area contributed by atoms with Gasteiger partial charge in [-0.25, -0.2) is 0 Å². The molecule has 0 bridgehead atoms. The summed E-state index contributed by atoms with van der Waals surface area (Å²) in [4.78, 5) is 12.3. The quantitative estimate of drug-likeness (QED) is 0.278. The van der Waals surface area contributed by atoms with Gasteiger partial charge in [0.25, 0.3) is 0 Å². The lowest BCUT2D eigenvalue weighted by atomic mass is 9.67. The normalized spacial score (nSPS) is 19.8. The Morgan fingerprint density at radius 2 is 1.56 bits per heavy atom. The third-order valence-corrected chi connectivity index (χ3v) is 6.89. The molecule has 0 atom stereocenters. The molecule has 0 spiro atoms. The molecule has 0 radical (unpaired) electrons. The summed E-state index contributed by atoms with van der Waals surface area (Å²) < 4.78 is 0. The number of carbonyl (C=O) groups is 1. The Balaban J connectivity index is 1.77. The van der Waals surface area contributed by atoms with Gasteiger partial charge >= 0.3 is 0 Å². The third-order valence-electron chi connectivity index (χ3n) is 6.89. The Labute approximate surface area is 190 Å². The lowest BCUT2D eigenvalue weighted by Crippen LogP contribution is -2.30. The standard InChI is InChI=1S/C28H32N2O2/c1-17-15-21-22(28(4,5)14-13-27(21,2)3)16-20(17)26(30-29)19-11-9-18(10-12-19)25-23(31)7-6-8-24(25)32/h9-16,31H,6-8,29H2,1-5H3/b30-26+. The first-order chi connectivity index (χ1) is 15.0. The fraction of sp³-hybridized carbons (Fsp3) is 0.357. The minimum Gasteiger partial charge on any atom is -0.512 e. The highest BCUT2D eigenvalue weighted by molar-refractivity contribution is 6.22. The molecule has 2 aliphatic rings. The number of ketones is 1. The molecule has 4 nitrogen and oxygen atoms in total. The number of fused-ring (bicyclic) bond motifs is 1. The highest BCUT2D eigenvalue weighted by atomic mass is 16.3. The van der Waals surface area contributed by atoms with Crippen molar-refractivity contribution in [1.29, 1.82) is 0 Å². The number of hydrazone groups is 1. The van der Waals surface area contributed by atoms with Crippen LogP contribution in [-0.4, -0.2) is 16.6 Å². The number of allylic oxidation sites excluding steroid dienone is 4. The van der Waals surface area contributed by atoms with E-state index in [0.29, 0.717) is 30.5 Å². The van der Waals surface area contributed by atoms with Crippen LogP contribution >= 0.6 is 0 Å². The molecule has 3 N–H and O–H groups in total. The first kappa shape index (κ1) is 22.1. The Morgan fingerprint density at radius 3 is 2.12 bits per heavy atom. The maximum absolute atomic E-state index is 12.3. The molecule has 0 aromatic heterocycles. The molecule has 0 unspecified atom stereocenters. The highest BCUT2D eigenvalue weighted by Crippen LogP contribution is 2.42. The molecule has 0 fully saturated rings. The van der Waals surface area contributed by atoms with E-state index < -0.39 is 0 Å². The van der Waals surface area contributed by atoms with Gasteiger partial charge in [0, 0.05) is 34.8 Å². The van der Waals surface area contributed by atoms with Crippen molar-refractivity contribution in [2.24, 2.45) is 10.9 Å². The number of hydrogen-bond donors (Lipinski definition) is 2. The number of hydrogen-bond acceptors (Lipinski definition) is 4. The van der Waals surface area contributed by atoms with Crippen LogP contribution in [0.4, 0.5) is 0 Å². The first-order valence-corrected chi connectivity index (χ1v) is 11.3. The lowest BCUT2D eigenvalue weighted by Gasteiger charge is -2.37. The molecular weight excluding hydrogens is 396 g/mol. The topological polar surface area (TPSA) is 75.7 Å². The molecule has 2 aliphatic carbocycles. The van der Waals surface area contributed by atoms with E-state index >= 15 is 0 Å². The van der Waals surface area contributed by atoms with Gasteiger partial charge in [-0.3, -0.25) is 4.79 Å². The van der Waals surface area contributed by atoms with E-state index in [1.54, 1.807) is 0 Å². The Kier molecular flexibility index (Phi) is 5.36. The van der Waals surface area contributed by atoms with Crippen LogP contribution in [0.2, 0.25) is 0 Å². The van der Waals surface area contributed by atoms with Crippen molar-refractivity contribution in [2.45, 2.75) is 64.7 Å². The number of carbonyl (C=O) groups excluding carboxylic acids is 1. The van der Waals surface area contributed by atoms with Crippen LogP contribution in [0.3, 0.4) is 0 Å². The molecule has 2 aromatic carbocycles. The molecule has 2 aromatic rings. The predicted molar refractivity (Wildman–Crippen MR) is 131 cm³/mol. The summed E-state index contributed by atoms with van der Waals surface area (Å²) in [5, 5.41) is 14.4. The SMILES string of the molecule is Cc1cc2c(cc1/C(=N/N)c1ccc(C3=C(O)CCCC3=O)cc1)C(C)(C)C=CC2(C)C. The number of rotatable bonds is 3. The van der Waals surface area contributed by atoms with Crippen LogP contribution < -0.4 is 5.84 Å². The number of aliphatic hydroxyl groups is 1. The molecule has 0 saturated heterocycles. The number of aliphatic hydroxyl groups excluding tert-OH is 1. The highest BCUT2D eigenvalue weighted by Gasteiger charge is 2.33. The van der Waals surface area contributed by atoms with Crippen molar-refractivity contribution in [1.82, 2.24) is 0 Å². The van der Waals surface area contributed by atoms with E-state index in [1.807, 2.05) is 24.3 Å². The van der Waals surface area contributed by atoms with Gasteiger partial charge in [0.15, 0.2) is 5.78 Å². The summed E-state index contributed by atoms with van der Waals surface area (Å²) >= 11 is 0. The second kappa shape index (κ2) is 7.77. The number of nitrogens with zero attached hydrogens (tertiary/aromatic N) is 1. The summed E-state index contributed by atoms with van der Waals surface area (Å²) in [5.74, 6) is 6.08. The molecule has 4 heteroatoms. The molecule has 32 heavy (non-hydrogen) atoms. The molecule has 0 aliphatic heterocycles. The van der Waals surface area contributed by atoms with E-state index in [1.165, 1.54) is 11.1 Å². The maximum Gasteiger partial charge on any atom is 0.166 e. The van der Waals surface area contributed by atoms with E-state index in [0.717, 1.165) is 22.3 Å². The number of Topliss-reactive ketones (excluding diaryl/α,β-unsaturated/α-hetero) is 1. The van der Waals surface area contributed by atoms with Crippen molar-refractivity contribution in [3.63, 3.8) is 0 Å². The monoisotopic (exact) mass is 428 g/mol. The Bertz CT molecular complexity index is 1180. The third kappa shape index (κ3) is 3.68. The van der Waals surface area contributed by atoms with Crippen LogP contribution in [0, 0.1) is 6.92 Å². The number of benzene rings is 2. The molecule has 0 heterocycles. The van der Waals surface area contributed by atoms with Gasteiger partial charge in [0.05, 0.1) is 11.3 Å². The van der Waals surface area contributed by atoms with Crippen molar-refractivity contribution >= 4 is 17.1 Å². The zero-order valence-corrected chi connectivity index (χ0v) is 19.6. The van der Waals surface area contributed by atoms with Crippen LogP contribution in [-0.2, 0) is 15.6 Å². The Morgan fingerprint density at radius 1 is 0.969 bits per heavy atom. The van der Waals surface area contributed by atoms with Gasteiger partial charge in [0.1, 0.15) is 5.76 Å². The van der Waals surface area contributed by atoms with E-state index in [4.69, 9.17) is 5.84 Å². The summed E-state index contributed by atoms with van der Waals surface area (Å²) in [6.07, 6.45) is 6.31. The van der Waals surface area contributed by atoms with Crippen molar-refractivity contribution in [3.8, 4) is 0 Å². The van der Waals surface area contributed by atoms with E-state index in [-0.39, 0.29) is 22.4 Å². The van der Waals surface area contributed by atoms with Crippen LogP contribution in [0.1, 0.15) is 80.3 Å². The second-order valence-corrected chi connectivity index (χ2v) is 10.1. The van der Waals surface area contributed by atoms with Crippen molar-refractivity contribution in [3.05, 3.63) is 87.7 Å². The van der Waals surface area contributed by atoms with Gasteiger partial charge in [-0.1, -0.05) is 70.2 Å². The maximum atomic E-state index is 12.3. The van der Waals surface area contributed by atoms with E-state index in [2.05, 4.69) is 64.0 Å². The second-order valence-electron chi connectivity index (χ2n) is 10.1. The van der Waals surface area contributed by atoms with Gasteiger partial charge in [0.2, 0.25) is 0 Å². The van der Waals surface area contributed by atoms with E-state index in [9.17, 15) is 9.90 Å². The average molecular weight is 429 g/mol. The fourth-order valence-corrected chi connectivity index (χ4v) is 4.87. The number of aryl methyl sites for hydroxylation is 1. The van der Waals surface area contributed by atoms with Crippen LogP contribution in [0.5, 0.6) is 0 Å². The first-order valence-electron chi connectivity index (χ1n) is 11.3. The van der Waals surface area contributed by atoms with Crippen LogP contribution in [0.25, 0.3) is 5.57 Å². The molecule has 166 valence electrons. The van der Waals surface area contributed by atoms with Crippen LogP contribution in [0.15, 0.2) is 59.4 Å². The van der Waals surface area contributed by atoms with Gasteiger partial charge in [-0.2, -0.15) is 5.10 Å². The zero-order chi connectivity index (χ0) is 23.3. The number of nitrogens with two attached hydrogens (primary N) is 1. The zero-order valence-electron chi connectivity index (χ0n) is 19.6. The Hall–Kier alpha value is -3.14. The van der Waals surface area contributed by atoms with Crippen molar-refractivity contribution < 1.29 is 9.90 Å². The summed E-state index contributed by atoms with van der Waals surface area (Å²) in [7, 11) is 0. The summed E-state index contributed by atoms with van der Waals surface area (Å²) in [6.45, 7) is 11.0. The minimum atomic E-state index is -0.0811. The molecular formula is C28H32N2O2. The molecule has 0 saturated carbocycles. The van der Waals surface area contributed by atoms with Crippen molar-refractivity contribution in [2.75, 3.05) is 0 Å². The fourth-order valence-electron chi connectivity index (χ4n) is 4.87. The lowest BCUT2D eigenvalue weighted by molar-refractivity contribution is -0.114. The largest absolute Gasteiger partial charge is 0.512 e. The minimum absolute atomic E-state index is 0.00218. The predicted octanol–water partition coefficient (Wildman–Crippen LogP) is 5.85. The summed E-state index contributed by atoms with van der Waals surface area (Å²) in [6, 6.07) is 12.1. The van der Waals surface area contributed by atoms with Gasteiger partial charge in [-0.05, 0) is 41.7 Å². The molecule has 4 rings (SSSR count). The van der Waals surface area contributed by atoms with Gasteiger partial charge < -0.3 is 10.9 Å². The average Bonchev–Trinajstić information content (AvgIpc) is 2.74. The smallest absolute Gasteiger partial charge is 0.166 e. The molecule has 0 amide bonds. The summed E-state index contributed by atoms with van der Waals surface area (Å²) in [5.41, 5.74) is 7.41. The van der Waals surface area contributed by atoms with Gasteiger partial charge in [-0.15, -0.1) is 0 Å².